The van der Waals surface area contributed by atoms with Crippen LogP contribution < -0.4 is 5.32 Å². The number of likely N-dealkylation sites (N-methyl/N-ethyl adjacent to an activating group) is 1. The van der Waals surface area contributed by atoms with Crippen LogP contribution in [-0.4, -0.2) is 40.7 Å². The van der Waals surface area contributed by atoms with E-state index in [9.17, 15) is 4.79 Å². The summed E-state index contributed by atoms with van der Waals surface area (Å²) < 4.78 is 0. The van der Waals surface area contributed by atoms with Crippen LogP contribution in [0.4, 0.5) is 0 Å². The number of aryl methyl sites for hydroxylation is 1. The van der Waals surface area contributed by atoms with Crippen LogP contribution in [-0.2, 0) is 0 Å². The van der Waals surface area contributed by atoms with Gasteiger partial charge in [0.25, 0.3) is 5.91 Å². The summed E-state index contributed by atoms with van der Waals surface area (Å²) in [4.78, 5) is 13.8. The van der Waals surface area contributed by atoms with E-state index in [-0.39, 0.29) is 12.5 Å². The summed E-state index contributed by atoms with van der Waals surface area (Å²) in [7, 11) is 0. The Kier molecular flexibility index (Phi) is 5.74. The molecule has 4 nitrogen and oxygen atoms in total. The van der Waals surface area contributed by atoms with E-state index in [0.717, 1.165) is 5.56 Å². The lowest BCUT2D eigenvalue weighted by atomic mass is 10.1. The summed E-state index contributed by atoms with van der Waals surface area (Å²) in [6.45, 7) is 4.87. The lowest BCUT2D eigenvalue weighted by molar-refractivity contribution is 0.0972. The second kappa shape index (κ2) is 7.08. The summed E-state index contributed by atoms with van der Waals surface area (Å²) in [6, 6.07) is 7.34. The molecule has 18 heavy (non-hydrogen) atoms. The molecule has 0 aliphatic heterocycles. The van der Waals surface area contributed by atoms with Crippen molar-refractivity contribution in [2.24, 2.45) is 0 Å². The molecule has 1 aromatic carbocycles. The number of carbonyl (C=O) groups is 1. The van der Waals surface area contributed by atoms with E-state index in [1.807, 2.05) is 32.0 Å². The van der Waals surface area contributed by atoms with E-state index in [0.29, 0.717) is 23.8 Å². The first-order valence-electron chi connectivity index (χ1n) is 5.86. The smallest absolute Gasteiger partial charge is 0.257 e. The van der Waals surface area contributed by atoms with E-state index < -0.39 is 0 Å². The Morgan fingerprint density at radius 2 is 2.11 bits per heavy atom. The molecule has 0 aliphatic carbocycles. The van der Waals surface area contributed by atoms with Crippen molar-refractivity contribution >= 4 is 23.2 Å². The van der Waals surface area contributed by atoms with Gasteiger partial charge in [-0.1, -0.05) is 18.2 Å². The van der Waals surface area contributed by atoms with Crippen molar-refractivity contribution in [3.8, 4) is 0 Å². The normalized spacial score (nSPS) is 9.94. The van der Waals surface area contributed by atoms with Crippen LogP contribution in [0.3, 0.4) is 0 Å². The quantitative estimate of drug-likeness (QED) is 0.807. The number of thiocarbonyl (C=S) groups is 1. The molecule has 0 atom stereocenters. The fraction of sp³-hybridized carbons (Fsp3) is 0.385. The van der Waals surface area contributed by atoms with Crippen LogP contribution in [0.1, 0.15) is 22.8 Å². The maximum absolute atomic E-state index is 12.0. The van der Waals surface area contributed by atoms with Gasteiger partial charge in [0.2, 0.25) is 0 Å². The van der Waals surface area contributed by atoms with Crippen LogP contribution in [0.15, 0.2) is 24.3 Å². The molecule has 2 N–H and O–H groups in total. The molecule has 1 rings (SSSR count). The molecule has 0 fully saturated rings. The largest absolute Gasteiger partial charge is 0.395 e. The predicted molar refractivity (Wildman–Crippen MR) is 75.6 cm³/mol. The van der Waals surface area contributed by atoms with E-state index in [2.05, 4.69) is 5.32 Å². The highest BCUT2D eigenvalue weighted by Crippen LogP contribution is 2.06. The van der Waals surface area contributed by atoms with Crippen molar-refractivity contribution in [3.05, 3.63) is 35.4 Å². The van der Waals surface area contributed by atoms with Gasteiger partial charge in [-0.3, -0.25) is 10.1 Å². The van der Waals surface area contributed by atoms with Crippen molar-refractivity contribution in [1.29, 1.82) is 0 Å². The molecular formula is C13H18N2O2S. The highest BCUT2D eigenvalue weighted by molar-refractivity contribution is 7.80. The Balaban J connectivity index is 2.70. The molecule has 98 valence electrons. The Morgan fingerprint density at radius 3 is 2.67 bits per heavy atom. The molecule has 5 heteroatoms. The molecule has 0 aliphatic rings. The Labute approximate surface area is 113 Å². The van der Waals surface area contributed by atoms with Crippen molar-refractivity contribution in [1.82, 2.24) is 10.2 Å². The molecule has 0 radical (unpaired) electrons. The van der Waals surface area contributed by atoms with Crippen molar-refractivity contribution in [2.45, 2.75) is 13.8 Å². The topological polar surface area (TPSA) is 52.6 Å². The van der Waals surface area contributed by atoms with Gasteiger partial charge in [-0.2, -0.15) is 0 Å². The minimum Gasteiger partial charge on any atom is -0.395 e. The Bertz CT molecular complexity index is 435. The minimum atomic E-state index is -0.213. The maximum Gasteiger partial charge on any atom is 0.257 e. The Hall–Kier alpha value is -1.46. The van der Waals surface area contributed by atoms with E-state index in [1.54, 1.807) is 11.0 Å². The molecule has 0 aromatic heterocycles. The van der Waals surface area contributed by atoms with Crippen molar-refractivity contribution in [3.63, 3.8) is 0 Å². The number of amides is 1. The van der Waals surface area contributed by atoms with E-state index >= 15 is 0 Å². The average molecular weight is 266 g/mol. The van der Waals surface area contributed by atoms with Crippen LogP contribution in [0.25, 0.3) is 0 Å². The number of aliphatic hydroxyl groups excluding tert-OH is 1. The highest BCUT2D eigenvalue weighted by Gasteiger charge is 2.13. The predicted octanol–water partition coefficient (Wildman–Crippen LogP) is 1.32. The van der Waals surface area contributed by atoms with E-state index in [1.165, 1.54) is 0 Å². The number of hydrogen-bond acceptors (Lipinski definition) is 3. The molecule has 1 amide bonds. The van der Waals surface area contributed by atoms with Crippen molar-refractivity contribution < 1.29 is 9.90 Å². The van der Waals surface area contributed by atoms with Gasteiger partial charge >= 0.3 is 0 Å². The number of rotatable bonds is 4. The SMILES string of the molecule is CCN(CCO)C(=S)NC(=O)c1ccccc1C. The fourth-order valence-electron chi connectivity index (χ4n) is 1.60. The summed E-state index contributed by atoms with van der Waals surface area (Å²) in [6.07, 6.45) is 0. The summed E-state index contributed by atoms with van der Waals surface area (Å²) in [5.74, 6) is -0.213. The number of aliphatic hydroxyl groups is 1. The highest BCUT2D eigenvalue weighted by atomic mass is 32.1. The van der Waals surface area contributed by atoms with Crippen LogP contribution in [0.5, 0.6) is 0 Å². The second-order valence-corrected chi connectivity index (χ2v) is 4.26. The van der Waals surface area contributed by atoms with E-state index in [4.69, 9.17) is 17.3 Å². The molecule has 0 heterocycles. The summed E-state index contributed by atoms with van der Waals surface area (Å²) >= 11 is 5.14. The summed E-state index contributed by atoms with van der Waals surface area (Å²) in [5, 5.41) is 11.9. The first kappa shape index (κ1) is 14.6. The summed E-state index contributed by atoms with van der Waals surface area (Å²) in [5.41, 5.74) is 1.52. The fourth-order valence-corrected chi connectivity index (χ4v) is 1.91. The monoisotopic (exact) mass is 266 g/mol. The van der Waals surface area contributed by atoms with Gasteiger partial charge < -0.3 is 10.0 Å². The van der Waals surface area contributed by atoms with Gasteiger partial charge in [0, 0.05) is 18.7 Å². The van der Waals surface area contributed by atoms with Crippen LogP contribution >= 0.6 is 12.2 Å². The minimum absolute atomic E-state index is 0.00815. The van der Waals surface area contributed by atoms with Gasteiger partial charge in [-0.05, 0) is 37.7 Å². The molecule has 0 unspecified atom stereocenters. The maximum atomic E-state index is 12.0. The third-order valence-electron chi connectivity index (χ3n) is 2.65. The van der Waals surface area contributed by atoms with Crippen LogP contribution in [0, 0.1) is 6.92 Å². The zero-order valence-corrected chi connectivity index (χ0v) is 11.5. The van der Waals surface area contributed by atoms with Crippen LogP contribution in [0.2, 0.25) is 0 Å². The first-order valence-corrected chi connectivity index (χ1v) is 6.27. The molecular weight excluding hydrogens is 248 g/mol. The molecule has 0 saturated carbocycles. The van der Waals surface area contributed by atoms with Gasteiger partial charge in [-0.15, -0.1) is 0 Å². The number of nitrogens with one attached hydrogen (secondary N) is 1. The number of nitrogens with zero attached hydrogens (tertiary/aromatic N) is 1. The second-order valence-electron chi connectivity index (χ2n) is 3.88. The standard InChI is InChI=1S/C13H18N2O2S/c1-3-15(8-9-16)13(18)14-12(17)11-7-5-4-6-10(11)2/h4-7,16H,3,8-9H2,1-2H3,(H,14,17,18). The third-order valence-corrected chi connectivity index (χ3v) is 3.01. The van der Waals surface area contributed by atoms with Gasteiger partial charge in [0.1, 0.15) is 0 Å². The van der Waals surface area contributed by atoms with Gasteiger partial charge in [0.15, 0.2) is 5.11 Å². The molecule has 0 saturated heterocycles. The Morgan fingerprint density at radius 1 is 1.44 bits per heavy atom. The number of benzene rings is 1. The number of hydrogen-bond donors (Lipinski definition) is 2. The van der Waals surface area contributed by atoms with Gasteiger partial charge in [0.05, 0.1) is 6.61 Å². The zero-order valence-electron chi connectivity index (χ0n) is 10.6. The molecule has 0 bridgehead atoms. The zero-order chi connectivity index (χ0) is 13.5. The third kappa shape index (κ3) is 3.78. The number of carbonyl (C=O) groups excluding carboxylic acids is 1. The van der Waals surface area contributed by atoms with Crippen molar-refractivity contribution in [2.75, 3.05) is 19.7 Å². The van der Waals surface area contributed by atoms with Gasteiger partial charge in [-0.25, -0.2) is 0 Å². The lowest BCUT2D eigenvalue weighted by Crippen LogP contribution is -2.43. The first-order chi connectivity index (χ1) is 8.60. The molecule has 1 aromatic rings. The average Bonchev–Trinajstić information content (AvgIpc) is 2.36. The molecule has 0 spiro atoms. The lowest BCUT2D eigenvalue weighted by Gasteiger charge is -2.22.